The van der Waals surface area contributed by atoms with Crippen LogP contribution in [0, 0.1) is 5.92 Å². The molecule has 6 nitrogen and oxygen atoms in total. The van der Waals surface area contributed by atoms with Gasteiger partial charge in [-0.2, -0.15) is 5.10 Å². The maximum atomic E-state index is 13.0. The van der Waals surface area contributed by atoms with Crippen LogP contribution < -0.4 is 5.32 Å². The zero-order chi connectivity index (χ0) is 18.0. The van der Waals surface area contributed by atoms with Crippen molar-refractivity contribution >= 4 is 6.03 Å². The molecular weight excluding hydrogens is 314 g/mol. The van der Waals surface area contributed by atoms with Crippen LogP contribution in [0.1, 0.15) is 51.1 Å². The number of hydrogen-bond donors (Lipinski definition) is 1. The summed E-state index contributed by atoms with van der Waals surface area (Å²) in [5, 5.41) is 7.53. The van der Waals surface area contributed by atoms with Crippen LogP contribution in [0.25, 0.3) is 0 Å². The highest BCUT2D eigenvalue weighted by Gasteiger charge is 2.45. The lowest BCUT2D eigenvalue weighted by Gasteiger charge is -2.44. The normalized spacial score (nSPS) is 21.9. The van der Waals surface area contributed by atoms with Gasteiger partial charge in [-0.05, 0) is 44.7 Å². The molecule has 1 atom stereocenters. The monoisotopic (exact) mass is 347 g/mol. The zero-order valence-corrected chi connectivity index (χ0v) is 16.2. The predicted molar refractivity (Wildman–Crippen MR) is 99.6 cm³/mol. The van der Waals surface area contributed by atoms with Gasteiger partial charge >= 0.3 is 6.03 Å². The maximum absolute atomic E-state index is 13.0. The highest BCUT2D eigenvalue weighted by atomic mass is 16.2. The molecule has 2 aliphatic heterocycles. The number of urea groups is 1. The van der Waals surface area contributed by atoms with Crippen LogP contribution in [0.2, 0.25) is 0 Å². The first-order valence-corrected chi connectivity index (χ1v) is 9.65. The molecule has 2 amide bonds. The third-order valence-electron chi connectivity index (χ3n) is 6.28. The molecule has 1 unspecified atom stereocenters. The third-order valence-corrected chi connectivity index (χ3v) is 6.28. The van der Waals surface area contributed by atoms with E-state index in [2.05, 4.69) is 47.2 Å². The first kappa shape index (κ1) is 18.2. The Morgan fingerprint density at radius 3 is 2.56 bits per heavy atom. The van der Waals surface area contributed by atoms with E-state index in [0.29, 0.717) is 12.5 Å². The fourth-order valence-corrected chi connectivity index (χ4v) is 4.53. The van der Waals surface area contributed by atoms with E-state index in [4.69, 9.17) is 0 Å². The van der Waals surface area contributed by atoms with E-state index in [1.807, 2.05) is 17.9 Å². The Kier molecular flexibility index (Phi) is 5.37. The van der Waals surface area contributed by atoms with E-state index < -0.39 is 0 Å². The highest BCUT2D eigenvalue weighted by molar-refractivity contribution is 5.75. The molecule has 25 heavy (non-hydrogen) atoms. The highest BCUT2D eigenvalue weighted by Crippen LogP contribution is 2.38. The number of aryl methyl sites for hydroxylation is 1. The number of likely N-dealkylation sites (tertiary alicyclic amines) is 2. The maximum Gasteiger partial charge on any atom is 0.317 e. The lowest BCUT2D eigenvalue weighted by molar-refractivity contribution is 0.0826. The van der Waals surface area contributed by atoms with Crippen LogP contribution >= 0.6 is 0 Å². The van der Waals surface area contributed by atoms with E-state index in [0.717, 1.165) is 45.3 Å². The number of rotatable bonds is 4. The smallest absolute Gasteiger partial charge is 0.317 e. The van der Waals surface area contributed by atoms with E-state index in [1.54, 1.807) is 0 Å². The number of nitrogens with one attached hydrogen (secondary N) is 1. The van der Waals surface area contributed by atoms with Gasteiger partial charge in [0.1, 0.15) is 0 Å². The summed E-state index contributed by atoms with van der Waals surface area (Å²) in [5.41, 5.74) is 1.28. The predicted octanol–water partition coefficient (Wildman–Crippen LogP) is 2.43. The van der Waals surface area contributed by atoms with Crippen molar-refractivity contribution in [2.24, 2.45) is 13.0 Å². The Hall–Kier alpha value is -1.56. The molecule has 2 fully saturated rings. The molecule has 6 heteroatoms. The van der Waals surface area contributed by atoms with Gasteiger partial charge in [-0.1, -0.05) is 13.8 Å². The Morgan fingerprint density at radius 2 is 1.96 bits per heavy atom. The summed E-state index contributed by atoms with van der Waals surface area (Å²) in [4.78, 5) is 17.5. The molecule has 140 valence electrons. The summed E-state index contributed by atoms with van der Waals surface area (Å²) < 4.78 is 1.92. The molecule has 0 radical (unpaired) electrons. The molecule has 2 saturated heterocycles. The zero-order valence-electron chi connectivity index (χ0n) is 16.2. The minimum absolute atomic E-state index is 0.0937. The lowest BCUT2D eigenvalue weighted by atomic mass is 9.85. The summed E-state index contributed by atoms with van der Waals surface area (Å²) in [5.74, 6) is 0.735. The third kappa shape index (κ3) is 3.68. The topological polar surface area (TPSA) is 53.4 Å². The van der Waals surface area contributed by atoms with Gasteiger partial charge < -0.3 is 15.1 Å². The molecule has 1 N–H and O–H groups in total. The molecule has 0 aromatic carbocycles. The van der Waals surface area contributed by atoms with Crippen molar-refractivity contribution in [1.82, 2.24) is 24.9 Å². The number of carbonyl (C=O) groups excluding carboxylic acids is 1. The van der Waals surface area contributed by atoms with Crippen LogP contribution in [0.4, 0.5) is 4.79 Å². The summed E-state index contributed by atoms with van der Waals surface area (Å²) in [6.45, 7) is 8.16. The van der Waals surface area contributed by atoms with Crippen LogP contribution in [0.3, 0.4) is 0 Å². The minimum Gasteiger partial charge on any atom is -0.337 e. The average molecular weight is 348 g/mol. The fourth-order valence-electron chi connectivity index (χ4n) is 4.53. The van der Waals surface area contributed by atoms with Gasteiger partial charge in [-0.3, -0.25) is 4.68 Å². The molecular formula is C19H33N5O. The first-order chi connectivity index (χ1) is 11.9. The Morgan fingerprint density at radius 1 is 1.24 bits per heavy atom. The van der Waals surface area contributed by atoms with Crippen molar-refractivity contribution in [3.63, 3.8) is 0 Å². The molecule has 1 aromatic rings. The average Bonchev–Trinajstić information content (AvgIpc) is 3.17. The minimum atomic E-state index is 0.0937. The summed E-state index contributed by atoms with van der Waals surface area (Å²) in [6.07, 6.45) is 6.33. The van der Waals surface area contributed by atoms with Crippen molar-refractivity contribution < 1.29 is 4.79 Å². The van der Waals surface area contributed by atoms with Crippen molar-refractivity contribution in [2.45, 2.75) is 51.0 Å². The molecule has 2 aliphatic rings. The second-order valence-corrected chi connectivity index (χ2v) is 8.20. The van der Waals surface area contributed by atoms with Gasteiger partial charge in [0.25, 0.3) is 0 Å². The van der Waals surface area contributed by atoms with Crippen molar-refractivity contribution in [3.8, 4) is 0 Å². The van der Waals surface area contributed by atoms with Crippen molar-refractivity contribution in [2.75, 3.05) is 33.2 Å². The van der Waals surface area contributed by atoms with Gasteiger partial charge in [-0.15, -0.1) is 0 Å². The Bertz CT molecular complexity index is 588. The second kappa shape index (κ2) is 7.36. The first-order valence-electron chi connectivity index (χ1n) is 9.65. The van der Waals surface area contributed by atoms with E-state index in [1.165, 1.54) is 5.69 Å². The number of amides is 2. The molecule has 3 rings (SSSR count). The summed E-state index contributed by atoms with van der Waals surface area (Å²) >= 11 is 0. The van der Waals surface area contributed by atoms with Gasteiger partial charge in [0.2, 0.25) is 0 Å². The van der Waals surface area contributed by atoms with Crippen LogP contribution in [0.15, 0.2) is 12.3 Å². The quantitative estimate of drug-likeness (QED) is 0.910. The number of piperidine rings is 1. The number of hydrogen-bond acceptors (Lipinski definition) is 3. The SMILES string of the molecule is CC(C)C(CNC(=O)N1CCCC12CCN(C)CC2)c1ccnn1C. The molecule has 1 aromatic heterocycles. The van der Waals surface area contributed by atoms with Gasteiger partial charge in [-0.25, -0.2) is 4.79 Å². The fraction of sp³-hybridized carbons (Fsp3) is 0.789. The second-order valence-electron chi connectivity index (χ2n) is 8.20. The van der Waals surface area contributed by atoms with E-state index in [9.17, 15) is 4.79 Å². The van der Waals surface area contributed by atoms with Crippen molar-refractivity contribution in [1.29, 1.82) is 0 Å². The lowest BCUT2D eigenvalue weighted by Crippen LogP contribution is -2.56. The molecule has 1 spiro atoms. The van der Waals surface area contributed by atoms with E-state index in [-0.39, 0.29) is 17.5 Å². The largest absolute Gasteiger partial charge is 0.337 e. The van der Waals surface area contributed by atoms with Gasteiger partial charge in [0.15, 0.2) is 0 Å². The van der Waals surface area contributed by atoms with Gasteiger partial charge in [0, 0.05) is 56.6 Å². The molecule has 0 bridgehead atoms. The van der Waals surface area contributed by atoms with E-state index >= 15 is 0 Å². The number of nitrogens with zero attached hydrogens (tertiary/aromatic N) is 4. The Balaban J connectivity index is 1.64. The van der Waals surface area contributed by atoms with Gasteiger partial charge in [0.05, 0.1) is 0 Å². The Labute approximate surface area is 151 Å². The molecule has 3 heterocycles. The van der Waals surface area contributed by atoms with Crippen molar-refractivity contribution in [3.05, 3.63) is 18.0 Å². The summed E-state index contributed by atoms with van der Waals surface area (Å²) in [6, 6.07) is 2.18. The summed E-state index contributed by atoms with van der Waals surface area (Å²) in [7, 11) is 4.15. The molecule has 0 saturated carbocycles. The van der Waals surface area contributed by atoms with Crippen LogP contribution in [0.5, 0.6) is 0 Å². The standard InChI is InChI=1S/C19H33N5O/c1-15(2)16(17-6-10-21-23(17)4)14-20-18(25)24-11-5-7-19(24)8-12-22(3)13-9-19/h6,10,15-16H,5,7-9,11-14H2,1-4H3,(H,20,25). The number of aromatic nitrogens is 2. The van der Waals surface area contributed by atoms with Crippen LogP contribution in [-0.4, -0.2) is 64.4 Å². The van der Waals surface area contributed by atoms with Crippen LogP contribution in [-0.2, 0) is 7.05 Å². The molecule has 0 aliphatic carbocycles. The number of carbonyl (C=O) groups is 1.